The molecule has 9 heteroatoms. The lowest BCUT2D eigenvalue weighted by Crippen LogP contribution is -3.00. The Kier molecular flexibility index (Phi) is 10.4. The van der Waals surface area contributed by atoms with Crippen molar-refractivity contribution in [3.63, 3.8) is 0 Å². The Labute approximate surface area is 217 Å². The Balaban J connectivity index is 0.00000204. The zero-order valence-corrected chi connectivity index (χ0v) is 21.6. The molecule has 0 saturated heterocycles. The van der Waals surface area contributed by atoms with E-state index in [1.165, 1.54) is 5.56 Å². The molecule has 0 aliphatic carbocycles. The smallest absolute Gasteiger partial charge is 0.408 e. The Bertz CT molecular complexity index is 1180. The number of rotatable bonds is 8. The van der Waals surface area contributed by atoms with E-state index in [0.717, 1.165) is 41.0 Å². The van der Waals surface area contributed by atoms with Crippen LogP contribution in [0, 0.1) is 6.92 Å². The normalized spacial score (nSPS) is 10.4. The first-order valence-corrected chi connectivity index (χ1v) is 11.3. The molecule has 2 heterocycles. The molecule has 0 bridgehead atoms. The molecule has 0 aliphatic heterocycles. The van der Waals surface area contributed by atoms with Crippen molar-refractivity contribution in [2.45, 2.75) is 13.5 Å². The molecule has 4 rings (SSSR count). The van der Waals surface area contributed by atoms with Crippen molar-refractivity contribution in [1.82, 2.24) is 0 Å². The number of hydrogen-bond donors (Lipinski definition) is 0. The zero-order valence-electron chi connectivity index (χ0n) is 19.3. The number of aromatic nitrogens is 2. The van der Waals surface area contributed by atoms with E-state index in [9.17, 15) is 0 Å². The molecule has 0 unspecified atom stereocenters. The summed E-state index contributed by atoms with van der Waals surface area (Å²) in [7, 11) is 3.65. The number of azo groups is 1. The topological polar surface area (TPSA) is 45.0 Å². The highest BCUT2D eigenvalue weighted by molar-refractivity contribution is 7.12. The Morgan fingerprint density at radius 1 is 0.853 bits per heavy atom. The zero-order chi connectivity index (χ0) is 22.3. The molecule has 0 radical (unpaired) electrons. The van der Waals surface area contributed by atoms with Gasteiger partial charge in [0.25, 0.3) is 0 Å². The van der Waals surface area contributed by atoms with Crippen molar-refractivity contribution in [3.8, 4) is 5.75 Å². The van der Waals surface area contributed by atoms with Gasteiger partial charge in [0.15, 0.2) is 18.9 Å². The van der Waals surface area contributed by atoms with Crippen molar-refractivity contribution in [2.24, 2.45) is 17.3 Å². The maximum atomic E-state index is 5.33. The van der Waals surface area contributed by atoms with Gasteiger partial charge in [-0.1, -0.05) is 0 Å². The number of methoxy groups -OCH3 is 1. The molecule has 0 aliphatic rings. The first kappa shape index (κ1) is 27.2. The van der Waals surface area contributed by atoms with Gasteiger partial charge in [0.05, 0.1) is 25.8 Å². The molecule has 0 N–H and O–H groups in total. The standard InChI is InChI=1S/C25H27N5OS.2ClH/c1-20-12-14-29(15-13-20)16-17-30(23-8-10-24(31-3)11-9-23)22-6-4-21(5-7-22)26-27-25-28(2)18-19-32-25;;/h4-15,18-19H,16-17H2,1-3H3;2*1H/q+2;;/p-2. The van der Waals surface area contributed by atoms with E-state index in [4.69, 9.17) is 4.74 Å². The average Bonchev–Trinajstić information content (AvgIpc) is 3.25. The summed E-state index contributed by atoms with van der Waals surface area (Å²) in [6.45, 7) is 3.79. The van der Waals surface area contributed by atoms with E-state index in [0.29, 0.717) is 0 Å². The van der Waals surface area contributed by atoms with Gasteiger partial charge in [-0.3, -0.25) is 0 Å². The maximum Gasteiger partial charge on any atom is 0.408 e. The molecule has 0 atom stereocenters. The molecule has 0 spiro atoms. The average molecular weight is 516 g/mol. The highest BCUT2D eigenvalue weighted by Gasteiger charge is 2.13. The number of halogens is 2. The number of benzene rings is 2. The monoisotopic (exact) mass is 515 g/mol. The number of ether oxygens (including phenoxy) is 1. The van der Waals surface area contributed by atoms with E-state index >= 15 is 0 Å². The summed E-state index contributed by atoms with van der Waals surface area (Å²) in [4.78, 5) is 2.30. The second-order valence-corrected chi connectivity index (χ2v) is 8.35. The first-order valence-electron chi connectivity index (χ1n) is 10.4. The van der Waals surface area contributed by atoms with Crippen molar-refractivity contribution in [1.29, 1.82) is 0 Å². The van der Waals surface area contributed by atoms with Crippen LogP contribution in [-0.4, -0.2) is 13.7 Å². The summed E-state index contributed by atoms with van der Waals surface area (Å²) in [5.41, 5.74) is 4.29. The summed E-state index contributed by atoms with van der Waals surface area (Å²) >= 11 is 1.56. The SMILES string of the molecule is COc1ccc(N(CC[n+]2ccc(C)cc2)c2ccc(N=Nc3scc[n+]3C)cc2)cc1.[Cl-].[Cl-]. The summed E-state index contributed by atoms with van der Waals surface area (Å²) in [6, 6.07) is 20.6. The lowest BCUT2D eigenvalue weighted by atomic mass is 10.2. The third-order valence-electron chi connectivity index (χ3n) is 5.20. The quantitative estimate of drug-likeness (QED) is 0.233. The minimum absolute atomic E-state index is 0. The number of aryl methyl sites for hydroxylation is 2. The molecule has 0 fully saturated rings. The highest BCUT2D eigenvalue weighted by atomic mass is 35.5. The molecule has 6 nitrogen and oxygen atoms in total. The fourth-order valence-electron chi connectivity index (χ4n) is 3.29. The fraction of sp³-hybridized carbons (Fsp3) is 0.200. The van der Waals surface area contributed by atoms with Crippen molar-refractivity contribution >= 4 is 33.5 Å². The van der Waals surface area contributed by atoms with Crippen LogP contribution < -0.4 is 43.6 Å². The Hall–Kier alpha value is -3.00. The predicted molar refractivity (Wildman–Crippen MR) is 127 cm³/mol. The second-order valence-electron chi connectivity index (χ2n) is 7.48. The molecule has 0 saturated carbocycles. The molecule has 2 aromatic carbocycles. The maximum absolute atomic E-state index is 5.33. The van der Waals surface area contributed by atoms with Crippen molar-refractivity contribution in [2.75, 3.05) is 18.6 Å². The minimum atomic E-state index is 0. The van der Waals surface area contributed by atoms with Gasteiger partial charge >= 0.3 is 5.13 Å². The van der Waals surface area contributed by atoms with Crippen LogP contribution in [0.4, 0.5) is 22.2 Å². The van der Waals surface area contributed by atoms with E-state index < -0.39 is 0 Å². The van der Waals surface area contributed by atoms with Gasteiger partial charge in [0.1, 0.15) is 17.6 Å². The van der Waals surface area contributed by atoms with Gasteiger partial charge in [-0.25, -0.2) is 9.13 Å². The van der Waals surface area contributed by atoms with Gasteiger partial charge in [-0.2, -0.15) is 0 Å². The van der Waals surface area contributed by atoms with E-state index in [2.05, 4.69) is 75.4 Å². The van der Waals surface area contributed by atoms with Crippen molar-refractivity contribution < 1.29 is 38.7 Å². The fourth-order valence-corrected chi connectivity index (χ4v) is 3.97. The number of hydrogen-bond acceptors (Lipinski definition) is 5. The number of thiazole rings is 1. The van der Waals surface area contributed by atoms with Gasteiger partial charge in [-0.15, -0.1) is 0 Å². The van der Waals surface area contributed by atoms with Gasteiger partial charge in [0.2, 0.25) is 0 Å². The third kappa shape index (κ3) is 7.00. The van der Waals surface area contributed by atoms with E-state index in [1.807, 2.05) is 47.5 Å². The number of nitrogens with zero attached hydrogens (tertiary/aromatic N) is 5. The molecule has 2 aromatic heterocycles. The van der Waals surface area contributed by atoms with Crippen LogP contribution >= 0.6 is 11.3 Å². The largest absolute Gasteiger partial charge is 1.00 e. The van der Waals surface area contributed by atoms with Gasteiger partial charge < -0.3 is 34.5 Å². The highest BCUT2D eigenvalue weighted by Crippen LogP contribution is 2.29. The lowest BCUT2D eigenvalue weighted by Gasteiger charge is -2.24. The van der Waals surface area contributed by atoms with Crippen LogP contribution in [0.1, 0.15) is 5.56 Å². The summed E-state index contributed by atoms with van der Waals surface area (Å²) in [6.07, 6.45) is 6.21. The molecule has 4 aromatic rings. The van der Waals surface area contributed by atoms with Crippen LogP contribution in [0.15, 0.2) is 94.9 Å². The van der Waals surface area contributed by atoms with Gasteiger partial charge in [-0.05, 0) is 77.5 Å². The Morgan fingerprint density at radius 3 is 2.03 bits per heavy atom. The first-order chi connectivity index (χ1) is 15.6. The summed E-state index contributed by atoms with van der Waals surface area (Å²) < 4.78 is 9.49. The van der Waals surface area contributed by atoms with E-state index in [-0.39, 0.29) is 24.8 Å². The molecule has 34 heavy (non-hydrogen) atoms. The lowest BCUT2D eigenvalue weighted by molar-refractivity contribution is -0.694. The second kappa shape index (κ2) is 13.0. The van der Waals surface area contributed by atoms with Crippen LogP contribution in [0.2, 0.25) is 0 Å². The van der Waals surface area contributed by atoms with Crippen LogP contribution in [0.5, 0.6) is 5.75 Å². The predicted octanol–water partition coefficient (Wildman–Crippen LogP) is -0.561. The number of pyridine rings is 1. The van der Waals surface area contributed by atoms with E-state index in [1.54, 1.807) is 18.4 Å². The van der Waals surface area contributed by atoms with Crippen LogP contribution in [0.3, 0.4) is 0 Å². The third-order valence-corrected chi connectivity index (χ3v) is 6.03. The van der Waals surface area contributed by atoms with Gasteiger partial charge in [0, 0.05) is 28.9 Å². The van der Waals surface area contributed by atoms with Crippen molar-refractivity contribution in [3.05, 3.63) is 90.2 Å². The minimum Gasteiger partial charge on any atom is -1.00 e. The molecular formula is C25H27Cl2N5OS. The molecule has 178 valence electrons. The summed E-state index contributed by atoms with van der Waals surface area (Å²) in [5, 5.41) is 11.6. The van der Waals surface area contributed by atoms with Crippen LogP contribution in [0.25, 0.3) is 0 Å². The molecule has 0 amide bonds. The number of anilines is 2. The van der Waals surface area contributed by atoms with Crippen LogP contribution in [-0.2, 0) is 13.6 Å². The summed E-state index contributed by atoms with van der Waals surface area (Å²) in [5.74, 6) is 0.846. The Morgan fingerprint density at radius 2 is 1.47 bits per heavy atom. The molecular weight excluding hydrogens is 489 g/mol.